The summed E-state index contributed by atoms with van der Waals surface area (Å²) in [6.45, 7) is 1.70. The van der Waals surface area contributed by atoms with Gasteiger partial charge in [-0.05, 0) is 36.5 Å². The molecule has 0 radical (unpaired) electrons. The van der Waals surface area contributed by atoms with Crippen molar-refractivity contribution in [2.75, 3.05) is 20.1 Å². The number of carbonyl (C=O) groups excluding carboxylic acids is 1. The van der Waals surface area contributed by atoms with Crippen molar-refractivity contribution in [1.29, 1.82) is 0 Å². The van der Waals surface area contributed by atoms with Crippen LogP contribution >= 0.6 is 0 Å². The third-order valence-corrected chi connectivity index (χ3v) is 4.87. The number of esters is 1. The van der Waals surface area contributed by atoms with E-state index in [-0.39, 0.29) is 6.10 Å². The van der Waals surface area contributed by atoms with Crippen molar-refractivity contribution in [3.63, 3.8) is 0 Å². The Kier molecular flexibility index (Phi) is 5.76. The molecule has 7 heteroatoms. The average Bonchev–Trinajstić information content (AvgIpc) is 2.70. The van der Waals surface area contributed by atoms with Gasteiger partial charge in [0.05, 0.1) is 0 Å². The molecule has 0 unspecified atom stereocenters. The van der Waals surface area contributed by atoms with Gasteiger partial charge in [0.25, 0.3) is 0 Å². The Hall–Kier alpha value is -2.86. The molecule has 140 valence electrons. The Balaban J connectivity index is 1.92. The SMILES string of the molecule is CN1CCC(OC(=O)[C@](O)(c2ccccc2)c2ccc(N=[N+]=[N-])cc2)CC1. The third kappa shape index (κ3) is 4.11. The summed E-state index contributed by atoms with van der Waals surface area (Å²) in [5.41, 5.74) is 7.81. The summed E-state index contributed by atoms with van der Waals surface area (Å²) >= 11 is 0. The first-order valence-electron chi connectivity index (χ1n) is 8.87. The monoisotopic (exact) mass is 366 g/mol. The van der Waals surface area contributed by atoms with E-state index in [1.54, 1.807) is 48.5 Å². The molecule has 0 saturated carbocycles. The van der Waals surface area contributed by atoms with E-state index < -0.39 is 11.6 Å². The zero-order valence-corrected chi connectivity index (χ0v) is 15.2. The normalized spacial score (nSPS) is 17.6. The van der Waals surface area contributed by atoms with Crippen molar-refractivity contribution in [2.45, 2.75) is 24.5 Å². The van der Waals surface area contributed by atoms with Crippen LogP contribution in [-0.2, 0) is 15.1 Å². The van der Waals surface area contributed by atoms with E-state index in [0.29, 0.717) is 16.8 Å². The van der Waals surface area contributed by atoms with E-state index in [4.69, 9.17) is 10.3 Å². The number of aliphatic hydroxyl groups is 1. The van der Waals surface area contributed by atoms with Crippen molar-refractivity contribution in [1.82, 2.24) is 4.90 Å². The number of piperidine rings is 1. The fourth-order valence-corrected chi connectivity index (χ4v) is 3.24. The third-order valence-electron chi connectivity index (χ3n) is 4.87. The quantitative estimate of drug-likeness (QED) is 0.379. The van der Waals surface area contributed by atoms with Gasteiger partial charge in [-0.3, -0.25) is 0 Å². The lowest BCUT2D eigenvalue weighted by atomic mass is 9.86. The molecular formula is C20H22N4O3. The molecule has 0 amide bonds. The predicted molar refractivity (Wildman–Crippen MR) is 101 cm³/mol. The van der Waals surface area contributed by atoms with E-state index >= 15 is 0 Å². The van der Waals surface area contributed by atoms with Gasteiger partial charge >= 0.3 is 5.97 Å². The van der Waals surface area contributed by atoms with Gasteiger partial charge in [0.15, 0.2) is 0 Å². The molecule has 2 aromatic rings. The van der Waals surface area contributed by atoms with Gasteiger partial charge in [0.2, 0.25) is 5.60 Å². The average molecular weight is 366 g/mol. The van der Waals surface area contributed by atoms with Crippen LogP contribution in [0.4, 0.5) is 5.69 Å². The zero-order chi connectivity index (χ0) is 19.3. The topological polar surface area (TPSA) is 98.5 Å². The van der Waals surface area contributed by atoms with Crippen molar-refractivity contribution in [3.05, 3.63) is 76.2 Å². The van der Waals surface area contributed by atoms with E-state index in [0.717, 1.165) is 25.9 Å². The molecule has 0 aliphatic carbocycles. The molecule has 27 heavy (non-hydrogen) atoms. The Morgan fingerprint density at radius 3 is 2.33 bits per heavy atom. The minimum Gasteiger partial charge on any atom is -0.460 e. The number of hydrogen-bond donors (Lipinski definition) is 1. The van der Waals surface area contributed by atoms with Crippen LogP contribution in [0.25, 0.3) is 10.4 Å². The molecule has 1 aliphatic heterocycles. The molecular weight excluding hydrogens is 344 g/mol. The summed E-state index contributed by atoms with van der Waals surface area (Å²) in [6, 6.07) is 15.0. The fourth-order valence-electron chi connectivity index (χ4n) is 3.24. The van der Waals surface area contributed by atoms with E-state index in [9.17, 15) is 9.90 Å². The molecule has 2 aromatic carbocycles. The van der Waals surface area contributed by atoms with Crippen LogP contribution in [0.15, 0.2) is 59.7 Å². The molecule has 1 heterocycles. The van der Waals surface area contributed by atoms with Gasteiger partial charge in [-0.1, -0.05) is 59.7 Å². The highest BCUT2D eigenvalue weighted by molar-refractivity contribution is 5.85. The minimum absolute atomic E-state index is 0.216. The first-order chi connectivity index (χ1) is 13.0. The van der Waals surface area contributed by atoms with Crippen molar-refractivity contribution < 1.29 is 14.6 Å². The summed E-state index contributed by atoms with van der Waals surface area (Å²) in [5.74, 6) is -0.695. The van der Waals surface area contributed by atoms with Gasteiger partial charge in [-0.25, -0.2) is 4.79 Å². The van der Waals surface area contributed by atoms with Crippen LogP contribution in [-0.4, -0.2) is 42.2 Å². The molecule has 1 atom stereocenters. The highest BCUT2D eigenvalue weighted by Gasteiger charge is 2.42. The summed E-state index contributed by atoms with van der Waals surface area (Å²) < 4.78 is 5.69. The molecule has 3 rings (SSSR count). The Bertz CT molecular complexity index is 826. The van der Waals surface area contributed by atoms with Gasteiger partial charge in [0.1, 0.15) is 6.10 Å². The first kappa shape index (κ1) is 18.9. The second-order valence-corrected chi connectivity index (χ2v) is 6.72. The van der Waals surface area contributed by atoms with Crippen molar-refractivity contribution in [2.24, 2.45) is 5.11 Å². The number of rotatable bonds is 5. The molecule has 1 aliphatic rings. The second kappa shape index (κ2) is 8.22. The van der Waals surface area contributed by atoms with Crippen LogP contribution in [0.2, 0.25) is 0 Å². The lowest BCUT2D eigenvalue weighted by molar-refractivity contribution is -0.169. The van der Waals surface area contributed by atoms with Crippen LogP contribution in [0.1, 0.15) is 24.0 Å². The van der Waals surface area contributed by atoms with Crippen molar-refractivity contribution in [3.8, 4) is 0 Å². The summed E-state index contributed by atoms with van der Waals surface area (Å²) in [6.07, 6.45) is 1.26. The molecule has 1 saturated heterocycles. The Morgan fingerprint density at radius 2 is 1.74 bits per heavy atom. The van der Waals surface area contributed by atoms with E-state index in [2.05, 4.69) is 14.9 Å². The fraction of sp³-hybridized carbons (Fsp3) is 0.350. The minimum atomic E-state index is -1.93. The lowest BCUT2D eigenvalue weighted by Gasteiger charge is -2.33. The van der Waals surface area contributed by atoms with Crippen LogP contribution in [0.5, 0.6) is 0 Å². The molecule has 1 N–H and O–H groups in total. The van der Waals surface area contributed by atoms with Gasteiger partial charge in [-0.2, -0.15) is 0 Å². The number of azide groups is 1. The standard InChI is InChI=1S/C20H22N4O3/c1-24-13-11-18(12-14-24)27-19(25)20(26,15-5-3-2-4-6-15)16-7-9-17(10-8-16)22-23-21/h2-10,18,26H,11-14H2,1H3/t20-/m0/s1. The van der Waals surface area contributed by atoms with Crippen molar-refractivity contribution >= 4 is 11.7 Å². The molecule has 0 aromatic heterocycles. The number of benzene rings is 2. The molecule has 1 fully saturated rings. The number of likely N-dealkylation sites (tertiary alicyclic amines) is 1. The summed E-state index contributed by atoms with van der Waals surface area (Å²) in [5, 5.41) is 15.0. The van der Waals surface area contributed by atoms with E-state index in [1.807, 2.05) is 13.1 Å². The van der Waals surface area contributed by atoms with Gasteiger partial charge < -0.3 is 14.7 Å². The van der Waals surface area contributed by atoms with Crippen LogP contribution < -0.4 is 0 Å². The number of carbonyl (C=O) groups is 1. The molecule has 0 bridgehead atoms. The van der Waals surface area contributed by atoms with Gasteiger partial charge in [0, 0.05) is 23.7 Å². The second-order valence-electron chi connectivity index (χ2n) is 6.72. The highest BCUT2D eigenvalue weighted by atomic mass is 16.6. The summed E-state index contributed by atoms with van der Waals surface area (Å²) in [4.78, 5) is 18.0. The Morgan fingerprint density at radius 1 is 1.15 bits per heavy atom. The maximum absolute atomic E-state index is 13.1. The smallest absolute Gasteiger partial charge is 0.347 e. The highest BCUT2D eigenvalue weighted by Crippen LogP contribution is 2.33. The van der Waals surface area contributed by atoms with Crippen LogP contribution in [0.3, 0.4) is 0 Å². The number of ether oxygens (including phenoxy) is 1. The van der Waals surface area contributed by atoms with Gasteiger partial charge in [-0.15, -0.1) is 0 Å². The zero-order valence-electron chi connectivity index (χ0n) is 15.2. The maximum atomic E-state index is 13.1. The largest absolute Gasteiger partial charge is 0.460 e. The first-order valence-corrected chi connectivity index (χ1v) is 8.87. The Labute approximate surface area is 157 Å². The number of nitrogens with zero attached hydrogens (tertiary/aromatic N) is 4. The summed E-state index contributed by atoms with van der Waals surface area (Å²) in [7, 11) is 2.03. The predicted octanol–water partition coefficient (Wildman–Crippen LogP) is 3.50. The van der Waals surface area contributed by atoms with Crippen LogP contribution in [0, 0.1) is 0 Å². The number of hydrogen-bond acceptors (Lipinski definition) is 5. The van der Waals surface area contributed by atoms with E-state index in [1.165, 1.54) is 0 Å². The molecule has 7 nitrogen and oxygen atoms in total. The lowest BCUT2D eigenvalue weighted by Crippen LogP contribution is -2.43. The molecule has 0 spiro atoms. The maximum Gasteiger partial charge on any atom is 0.347 e.